The molecule has 1 saturated heterocycles. The number of hydrazine groups is 1. The summed E-state index contributed by atoms with van der Waals surface area (Å²) in [5, 5.41) is 2.79. The summed E-state index contributed by atoms with van der Waals surface area (Å²) < 4.78 is 48.5. The summed E-state index contributed by atoms with van der Waals surface area (Å²) in [6.45, 7) is 0.560. The Morgan fingerprint density at radius 1 is 1.10 bits per heavy atom. The molecule has 0 aromatic heterocycles. The van der Waals surface area contributed by atoms with Crippen LogP contribution < -0.4 is 25.6 Å². The number of carbonyl (C=O) groups excluding carboxylic acids is 1. The molecule has 1 amide bonds. The number of halogens is 3. The number of alkyl halides is 3. The van der Waals surface area contributed by atoms with Gasteiger partial charge in [0.1, 0.15) is 0 Å². The van der Waals surface area contributed by atoms with Gasteiger partial charge in [-0.15, -0.1) is 0 Å². The van der Waals surface area contributed by atoms with Crippen LogP contribution in [0.5, 0.6) is 11.5 Å². The van der Waals surface area contributed by atoms with Gasteiger partial charge in [-0.2, -0.15) is 13.2 Å². The Morgan fingerprint density at radius 3 is 2.41 bits per heavy atom. The molecule has 2 atom stereocenters. The lowest BCUT2D eigenvalue weighted by Crippen LogP contribution is -2.34. The van der Waals surface area contributed by atoms with Gasteiger partial charge in [0.15, 0.2) is 11.5 Å². The van der Waals surface area contributed by atoms with E-state index in [-0.39, 0.29) is 18.5 Å². The van der Waals surface area contributed by atoms with Crippen LogP contribution in [0.1, 0.15) is 22.7 Å². The lowest BCUT2D eigenvalue weighted by Gasteiger charge is -2.20. The topological polar surface area (TPSA) is 71.6 Å². The van der Waals surface area contributed by atoms with Crippen molar-refractivity contribution in [2.24, 2.45) is 5.92 Å². The lowest BCUT2D eigenvalue weighted by atomic mass is 9.93. The molecular weight excluding hydrogens is 387 g/mol. The van der Waals surface area contributed by atoms with Gasteiger partial charge in [0.2, 0.25) is 5.91 Å². The van der Waals surface area contributed by atoms with Crippen LogP contribution in [0.15, 0.2) is 42.5 Å². The normalized spacial score (nSPS) is 19.1. The molecule has 2 aromatic carbocycles. The van der Waals surface area contributed by atoms with Crippen LogP contribution in [-0.2, 0) is 17.5 Å². The monoisotopic (exact) mass is 409 g/mol. The number of methoxy groups -OCH3 is 2. The molecule has 0 bridgehead atoms. The highest BCUT2D eigenvalue weighted by molar-refractivity contribution is 5.80. The van der Waals surface area contributed by atoms with Crippen molar-refractivity contribution in [3.63, 3.8) is 0 Å². The van der Waals surface area contributed by atoms with Crippen LogP contribution >= 0.6 is 0 Å². The number of hydrogen-bond donors (Lipinski definition) is 3. The van der Waals surface area contributed by atoms with E-state index in [9.17, 15) is 18.0 Å². The molecule has 3 rings (SSSR count). The predicted octanol–water partition coefficient (Wildman–Crippen LogP) is 2.80. The minimum Gasteiger partial charge on any atom is -0.493 e. The number of benzene rings is 2. The molecule has 1 fully saturated rings. The van der Waals surface area contributed by atoms with Gasteiger partial charge in [0, 0.05) is 13.1 Å². The number of amides is 1. The standard InChI is InChI=1S/C20H22F3N3O3/c1-28-16-8-5-13(9-17(16)29-2)18-15(11-25-26-18)19(27)24-10-12-3-6-14(7-4-12)20(21,22)23/h3-9,15,18,25-26H,10-11H2,1-2H3,(H,24,27). The van der Waals surface area contributed by atoms with Gasteiger partial charge in [-0.1, -0.05) is 18.2 Å². The second kappa shape index (κ2) is 8.71. The van der Waals surface area contributed by atoms with Crippen molar-refractivity contribution in [3.8, 4) is 11.5 Å². The SMILES string of the molecule is COc1ccc(C2NNCC2C(=O)NCc2ccc(C(F)(F)F)cc2)cc1OC. The first-order chi connectivity index (χ1) is 13.8. The molecule has 2 unspecified atom stereocenters. The number of rotatable bonds is 6. The Labute approximate surface area is 166 Å². The minimum absolute atomic E-state index is 0.145. The van der Waals surface area contributed by atoms with E-state index in [4.69, 9.17) is 9.47 Å². The molecule has 1 heterocycles. The van der Waals surface area contributed by atoms with E-state index in [1.54, 1.807) is 19.2 Å². The molecule has 0 radical (unpaired) electrons. The number of nitrogens with one attached hydrogen (secondary N) is 3. The van der Waals surface area contributed by atoms with Gasteiger partial charge in [-0.3, -0.25) is 10.2 Å². The van der Waals surface area contributed by atoms with Crippen LogP contribution in [0.2, 0.25) is 0 Å². The first kappa shape index (κ1) is 20.9. The molecule has 6 nitrogen and oxygen atoms in total. The van der Waals surface area contributed by atoms with Crippen LogP contribution in [0, 0.1) is 5.92 Å². The molecular formula is C20H22F3N3O3. The third-order valence-corrected chi connectivity index (χ3v) is 4.83. The summed E-state index contributed by atoms with van der Waals surface area (Å²) in [5.41, 5.74) is 6.79. The smallest absolute Gasteiger partial charge is 0.416 e. The fourth-order valence-electron chi connectivity index (χ4n) is 3.24. The van der Waals surface area contributed by atoms with Crippen molar-refractivity contribution in [1.82, 2.24) is 16.2 Å². The summed E-state index contributed by atoms with van der Waals surface area (Å²) in [4.78, 5) is 12.7. The molecule has 156 valence electrons. The van der Waals surface area contributed by atoms with E-state index in [2.05, 4.69) is 16.2 Å². The first-order valence-electron chi connectivity index (χ1n) is 8.97. The maximum atomic E-state index is 12.7. The molecule has 1 aliphatic heterocycles. The second-order valence-electron chi connectivity index (χ2n) is 6.64. The lowest BCUT2D eigenvalue weighted by molar-refractivity contribution is -0.137. The molecule has 29 heavy (non-hydrogen) atoms. The fourth-order valence-corrected chi connectivity index (χ4v) is 3.24. The Bertz CT molecular complexity index is 856. The Balaban J connectivity index is 1.66. The number of ether oxygens (including phenoxy) is 2. The summed E-state index contributed by atoms with van der Waals surface area (Å²) in [5.74, 6) is 0.540. The first-order valence-corrected chi connectivity index (χ1v) is 8.97. The largest absolute Gasteiger partial charge is 0.493 e. The zero-order valence-corrected chi connectivity index (χ0v) is 16.0. The summed E-state index contributed by atoms with van der Waals surface area (Å²) >= 11 is 0. The third-order valence-electron chi connectivity index (χ3n) is 4.83. The predicted molar refractivity (Wildman–Crippen MR) is 100 cm³/mol. The summed E-state index contributed by atoms with van der Waals surface area (Å²) in [6.07, 6.45) is -4.38. The van der Waals surface area contributed by atoms with E-state index in [0.29, 0.717) is 23.6 Å². The Hall–Kier alpha value is -2.78. The Kier molecular flexibility index (Phi) is 6.29. The van der Waals surface area contributed by atoms with Crippen molar-refractivity contribution >= 4 is 5.91 Å². The molecule has 3 N–H and O–H groups in total. The van der Waals surface area contributed by atoms with Crippen LogP contribution in [0.25, 0.3) is 0 Å². The van der Waals surface area contributed by atoms with Gasteiger partial charge in [0.05, 0.1) is 31.7 Å². The minimum atomic E-state index is -4.38. The third kappa shape index (κ3) is 4.80. The quantitative estimate of drug-likeness (QED) is 0.685. The van der Waals surface area contributed by atoms with Gasteiger partial charge in [-0.25, -0.2) is 5.43 Å². The van der Waals surface area contributed by atoms with Crippen LogP contribution in [0.3, 0.4) is 0 Å². The van der Waals surface area contributed by atoms with Crippen LogP contribution in [-0.4, -0.2) is 26.7 Å². The highest BCUT2D eigenvalue weighted by atomic mass is 19.4. The molecule has 9 heteroatoms. The molecule has 2 aromatic rings. The van der Waals surface area contributed by atoms with E-state index >= 15 is 0 Å². The van der Waals surface area contributed by atoms with E-state index < -0.39 is 17.7 Å². The summed E-state index contributed by atoms with van der Waals surface area (Å²) in [6, 6.07) is 9.87. The van der Waals surface area contributed by atoms with Crippen molar-refractivity contribution in [3.05, 3.63) is 59.2 Å². The van der Waals surface area contributed by atoms with Crippen molar-refractivity contribution in [2.45, 2.75) is 18.8 Å². The highest BCUT2D eigenvalue weighted by Gasteiger charge is 2.34. The molecule has 0 spiro atoms. The van der Waals surface area contributed by atoms with Gasteiger partial charge in [-0.05, 0) is 35.4 Å². The van der Waals surface area contributed by atoms with E-state index in [0.717, 1.165) is 17.7 Å². The van der Waals surface area contributed by atoms with Crippen molar-refractivity contribution < 1.29 is 27.4 Å². The highest BCUT2D eigenvalue weighted by Crippen LogP contribution is 2.33. The molecule has 0 aliphatic carbocycles. The Morgan fingerprint density at radius 2 is 1.79 bits per heavy atom. The van der Waals surface area contributed by atoms with E-state index in [1.165, 1.54) is 19.2 Å². The molecule has 1 aliphatic rings. The van der Waals surface area contributed by atoms with Crippen molar-refractivity contribution in [1.29, 1.82) is 0 Å². The average molecular weight is 409 g/mol. The number of carbonyl (C=O) groups is 1. The fraction of sp³-hybridized carbons (Fsp3) is 0.350. The van der Waals surface area contributed by atoms with E-state index in [1.807, 2.05) is 6.07 Å². The zero-order valence-electron chi connectivity index (χ0n) is 16.0. The maximum Gasteiger partial charge on any atom is 0.416 e. The molecule has 0 saturated carbocycles. The number of hydrogen-bond acceptors (Lipinski definition) is 5. The van der Waals surface area contributed by atoms with Crippen molar-refractivity contribution in [2.75, 3.05) is 20.8 Å². The van der Waals surface area contributed by atoms with Gasteiger partial charge < -0.3 is 14.8 Å². The van der Waals surface area contributed by atoms with Gasteiger partial charge >= 0.3 is 6.18 Å². The van der Waals surface area contributed by atoms with Gasteiger partial charge in [0.25, 0.3) is 0 Å². The maximum absolute atomic E-state index is 12.7. The second-order valence-corrected chi connectivity index (χ2v) is 6.64. The van der Waals surface area contributed by atoms with Crippen LogP contribution in [0.4, 0.5) is 13.2 Å². The summed E-state index contributed by atoms with van der Waals surface area (Å²) in [7, 11) is 3.08. The average Bonchev–Trinajstić information content (AvgIpc) is 3.21. The zero-order chi connectivity index (χ0) is 21.0.